The van der Waals surface area contributed by atoms with Crippen LogP contribution in [0.4, 0.5) is 17.2 Å². The molecule has 1 aliphatic carbocycles. The second-order valence-electron chi connectivity index (χ2n) is 18.6. The van der Waals surface area contributed by atoms with Gasteiger partial charge in [-0.25, -0.2) is 4.85 Å². The fraction of sp³-hybridized carbons (Fsp3) is 0.468. The molecule has 1 atom stereocenters. The molecule has 9 rings (SSSR count). The van der Waals surface area contributed by atoms with Gasteiger partial charge in [0.25, 0.3) is 11.8 Å². The third-order valence-corrected chi connectivity index (χ3v) is 13.9. The van der Waals surface area contributed by atoms with E-state index in [-0.39, 0.29) is 46.4 Å². The molecule has 4 fully saturated rings. The highest BCUT2D eigenvalue weighted by molar-refractivity contribution is 6.02. The Labute approximate surface area is 357 Å². The lowest BCUT2D eigenvalue weighted by molar-refractivity contribution is -0.163. The molecule has 4 aliphatic heterocycles. The van der Waals surface area contributed by atoms with Crippen molar-refractivity contribution in [3.63, 3.8) is 0 Å². The minimum atomic E-state index is -0.449. The van der Waals surface area contributed by atoms with E-state index in [0.29, 0.717) is 53.5 Å². The Morgan fingerprint density at radius 2 is 1.72 bits per heavy atom. The van der Waals surface area contributed by atoms with Crippen LogP contribution in [0.3, 0.4) is 0 Å². The van der Waals surface area contributed by atoms with E-state index in [1.165, 1.54) is 0 Å². The van der Waals surface area contributed by atoms with Gasteiger partial charge in [-0.2, -0.15) is 0 Å². The number of hydrogen-bond donors (Lipinski definition) is 2. The largest absolute Gasteiger partial charge is 0.489 e. The maximum absolute atomic E-state index is 13.6. The van der Waals surface area contributed by atoms with Gasteiger partial charge in [0.1, 0.15) is 17.9 Å². The molecule has 0 spiro atoms. The smallest absolute Gasteiger partial charge is 0.272 e. The first-order valence-corrected chi connectivity index (χ1v) is 21.5. The van der Waals surface area contributed by atoms with E-state index in [1.54, 1.807) is 23.2 Å². The summed E-state index contributed by atoms with van der Waals surface area (Å²) in [5, 5.41) is 15.7. The van der Waals surface area contributed by atoms with Crippen LogP contribution in [-0.2, 0) is 11.3 Å². The maximum atomic E-state index is 13.6. The Morgan fingerprint density at radius 1 is 0.951 bits per heavy atom. The number of nitrogens with one attached hydrogen (secondary N) is 2. The number of ether oxygens (including phenoxy) is 1. The van der Waals surface area contributed by atoms with Crippen LogP contribution in [-0.4, -0.2) is 107 Å². The molecule has 4 aromatic rings. The average molecular weight is 823 g/mol. The third kappa shape index (κ3) is 7.43. The summed E-state index contributed by atoms with van der Waals surface area (Å²) < 4.78 is 6.65. The minimum Gasteiger partial charge on any atom is -0.489 e. The number of piperazine rings is 1. The molecular weight excluding hydrogens is 769 g/mol. The number of nitrogens with zero attached hydrogens (tertiary/aromatic N) is 8. The molecule has 0 radical (unpaired) electrons. The van der Waals surface area contributed by atoms with Gasteiger partial charge in [0.05, 0.1) is 12.1 Å². The Kier molecular flexibility index (Phi) is 10.4. The fourth-order valence-corrected chi connectivity index (χ4v) is 10.8. The van der Waals surface area contributed by atoms with Crippen molar-refractivity contribution in [3.8, 4) is 5.75 Å². The van der Waals surface area contributed by atoms with Gasteiger partial charge in [-0.1, -0.05) is 40.3 Å². The summed E-state index contributed by atoms with van der Waals surface area (Å²) in [6.45, 7) is 27.0. The summed E-state index contributed by atoms with van der Waals surface area (Å²) >= 11 is 0. The lowest BCUT2D eigenvalue weighted by atomic mass is 9.49. The van der Waals surface area contributed by atoms with E-state index in [0.717, 1.165) is 81.1 Å². The van der Waals surface area contributed by atoms with Crippen molar-refractivity contribution in [1.82, 2.24) is 35.6 Å². The first-order valence-electron chi connectivity index (χ1n) is 21.5. The Hall–Kier alpha value is -6.07. The number of allylic oxidation sites excluding steroid dienone is 1. The summed E-state index contributed by atoms with van der Waals surface area (Å²) in [5.74, 6) is 1.61. The number of carbonyl (C=O) groups is 3. The molecule has 1 saturated carbocycles. The van der Waals surface area contributed by atoms with Gasteiger partial charge in [0.2, 0.25) is 11.6 Å². The Bertz CT molecular complexity index is 2410. The monoisotopic (exact) mass is 822 g/mol. The number of pyridine rings is 1. The minimum absolute atomic E-state index is 0.0638. The molecule has 2 aromatic heterocycles. The van der Waals surface area contributed by atoms with Gasteiger partial charge in [0, 0.05) is 97.8 Å². The number of rotatable bonds is 9. The van der Waals surface area contributed by atoms with Crippen LogP contribution in [0.1, 0.15) is 79.8 Å². The van der Waals surface area contributed by atoms with Crippen LogP contribution < -0.4 is 25.2 Å². The number of piperidine rings is 2. The van der Waals surface area contributed by atoms with Gasteiger partial charge in [-0.05, 0) is 85.7 Å². The number of aromatic nitrogens is 3. The highest BCUT2D eigenvalue weighted by Gasteiger charge is 2.64. The van der Waals surface area contributed by atoms with Crippen molar-refractivity contribution in [2.24, 2.45) is 16.7 Å². The van der Waals surface area contributed by atoms with Crippen LogP contribution in [0.25, 0.3) is 15.7 Å². The molecule has 316 valence electrons. The zero-order chi connectivity index (χ0) is 42.6. The predicted octanol–water partition coefficient (Wildman–Crippen LogP) is 5.97. The Balaban J connectivity index is 0.733. The zero-order valence-electron chi connectivity index (χ0n) is 35.5. The standard InChI is InChI=1S/C47H54N10O4/c1-29-9-14-37(42(59)50-29)57-28-31-26-32(10-11-33(31)43(57)60)55-24-22-54(23-25-55)27-30-17-20-56(21-18-30)39-16-13-36(52-53-39)41(58)51-44-46(2,3)45(47(44,4)5)61-38-15-12-35(48-6)40-34(38)8-7-19-49-40/h7-8,10-13,15-16,19,26,30,37,44-45H,1,9,14,17-18,20-25,27-28H2,2-5H3,(H,50,59)(H,51,58)/t37-,44?,45?/m0/s1. The van der Waals surface area contributed by atoms with Crippen molar-refractivity contribution in [1.29, 1.82) is 0 Å². The predicted molar refractivity (Wildman–Crippen MR) is 233 cm³/mol. The van der Waals surface area contributed by atoms with Gasteiger partial charge < -0.3 is 30.1 Å². The average Bonchev–Trinajstić information content (AvgIpc) is 3.59. The van der Waals surface area contributed by atoms with Crippen LogP contribution in [0.2, 0.25) is 0 Å². The molecule has 6 heterocycles. The first-order chi connectivity index (χ1) is 29.3. The van der Waals surface area contributed by atoms with E-state index >= 15 is 0 Å². The highest BCUT2D eigenvalue weighted by atomic mass is 16.5. The topological polar surface area (TPSA) is 140 Å². The molecule has 2 N–H and O–H groups in total. The molecule has 0 unspecified atom stereocenters. The molecule has 3 saturated heterocycles. The van der Waals surface area contributed by atoms with E-state index in [4.69, 9.17) is 11.3 Å². The molecule has 61 heavy (non-hydrogen) atoms. The Morgan fingerprint density at radius 3 is 2.43 bits per heavy atom. The first kappa shape index (κ1) is 40.3. The van der Waals surface area contributed by atoms with Gasteiger partial charge in [0.15, 0.2) is 11.5 Å². The van der Waals surface area contributed by atoms with Crippen molar-refractivity contribution in [2.75, 3.05) is 55.6 Å². The zero-order valence-corrected chi connectivity index (χ0v) is 35.5. The summed E-state index contributed by atoms with van der Waals surface area (Å²) in [6, 6.07) is 16.6. The quantitative estimate of drug-likeness (QED) is 0.194. The van der Waals surface area contributed by atoms with Crippen molar-refractivity contribution in [3.05, 3.63) is 101 Å². The molecule has 5 aliphatic rings. The number of benzene rings is 2. The second-order valence-corrected chi connectivity index (χ2v) is 18.6. The van der Waals surface area contributed by atoms with Crippen LogP contribution >= 0.6 is 0 Å². The van der Waals surface area contributed by atoms with Crippen molar-refractivity contribution in [2.45, 2.75) is 78.1 Å². The highest BCUT2D eigenvalue weighted by Crippen LogP contribution is 2.56. The van der Waals surface area contributed by atoms with E-state index in [2.05, 4.69) is 91.8 Å². The van der Waals surface area contributed by atoms with Gasteiger partial charge >= 0.3 is 0 Å². The lowest BCUT2D eigenvalue weighted by Crippen LogP contribution is -2.74. The summed E-state index contributed by atoms with van der Waals surface area (Å²) in [5.41, 5.74) is 4.16. The summed E-state index contributed by atoms with van der Waals surface area (Å²) in [6.07, 6.45) is 4.92. The normalized spacial score (nSPS) is 23.9. The second kappa shape index (κ2) is 15.8. The number of hydrogen-bond acceptors (Lipinski definition) is 10. The summed E-state index contributed by atoms with van der Waals surface area (Å²) in [7, 11) is 0. The molecule has 14 nitrogen and oxygen atoms in total. The lowest BCUT2D eigenvalue weighted by Gasteiger charge is -2.63. The number of amides is 3. The van der Waals surface area contributed by atoms with Crippen LogP contribution in [0, 0.1) is 23.3 Å². The van der Waals surface area contributed by atoms with E-state index in [1.807, 2.05) is 30.3 Å². The maximum Gasteiger partial charge on any atom is 0.272 e. The van der Waals surface area contributed by atoms with E-state index in [9.17, 15) is 14.4 Å². The van der Waals surface area contributed by atoms with E-state index < -0.39 is 6.04 Å². The molecular formula is C47H54N10O4. The van der Waals surface area contributed by atoms with Crippen LogP contribution in [0.15, 0.2) is 73.1 Å². The molecule has 0 bridgehead atoms. The summed E-state index contributed by atoms with van der Waals surface area (Å²) in [4.78, 5) is 56.4. The molecule has 3 amide bonds. The SMILES string of the molecule is [C-]#[N+]c1ccc(OC2C(C)(C)C(NC(=O)c3ccc(N4CCC(CN5CCN(c6ccc7c(c6)CN([C@H]6CCC(=C)NC6=O)C7=O)CC5)CC4)nn3)C2(C)C)c2cccnc12. The van der Waals surface area contributed by atoms with Crippen molar-refractivity contribution < 1.29 is 19.1 Å². The van der Waals surface area contributed by atoms with Gasteiger partial charge in [-0.3, -0.25) is 24.3 Å². The molecule has 14 heteroatoms. The number of fused-ring (bicyclic) bond motifs is 2. The number of anilines is 2. The molecule has 2 aromatic carbocycles. The van der Waals surface area contributed by atoms with Crippen molar-refractivity contribution >= 4 is 45.8 Å². The fourth-order valence-electron chi connectivity index (χ4n) is 10.8. The van der Waals surface area contributed by atoms with Crippen LogP contribution in [0.5, 0.6) is 5.75 Å². The number of carbonyl (C=O) groups excluding carboxylic acids is 3. The van der Waals surface area contributed by atoms with Gasteiger partial charge in [-0.15, -0.1) is 10.2 Å². The third-order valence-electron chi connectivity index (χ3n) is 13.9.